The number of nitrogens with zero attached hydrogens (tertiary/aromatic N) is 1. The zero-order valence-electron chi connectivity index (χ0n) is 26.4. The summed E-state index contributed by atoms with van der Waals surface area (Å²) >= 11 is 0. The van der Waals surface area contributed by atoms with Crippen molar-refractivity contribution in [3.8, 4) is 33.9 Å². The summed E-state index contributed by atoms with van der Waals surface area (Å²) in [6.45, 7) is 2.44. The maximum atomic E-state index is 12.6. The summed E-state index contributed by atoms with van der Waals surface area (Å²) in [6.07, 6.45) is 0. The van der Waals surface area contributed by atoms with Crippen LogP contribution in [0.25, 0.3) is 33.4 Å². The van der Waals surface area contributed by atoms with Gasteiger partial charge in [0.1, 0.15) is 35.9 Å². The molecular weight excluding hydrogens is 634 g/mol. The van der Waals surface area contributed by atoms with E-state index in [9.17, 15) is 33.9 Å². The lowest BCUT2D eigenvalue weighted by Gasteiger charge is -2.25. The maximum absolute atomic E-state index is 12.6. The third-order valence-electron chi connectivity index (χ3n) is 6.69. The first-order valence-corrected chi connectivity index (χ1v) is 14.3. The molecule has 2 aromatic rings. The van der Waals surface area contributed by atoms with Gasteiger partial charge in [0.15, 0.2) is 5.43 Å². The van der Waals surface area contributed by atoms with E-state index < -0.39 is 56.5 Å². The molecule has 0 saturated carbocycles. The molecule has 4 rings (SSSR count). The minimum Gasteiger partial charge on any atom is -0.506 e. The molecule has 0 bridgehead atoms. The third kappa shape index (κ3) is 8.99. The van der Waals surface area contributed by atoms with Gasteiger partial charge in [-0.05, 0) is 54.4 Å². The number of aromatic hydroxyl groups is 1. The Morgan fingerprint density at radius 1 is 0.729 bits per heavy atom. The van der Waals surface area contributed by atoms with E-state index in [1.165, 1.54) is 36.1 Å². The van der Waals surface area contributed by atoms with Crippen LogP contribution in [0.2, 0.25) is 0 Å². The minimum absolute atomic E-state index is 0.0438. The van der Waals surface area contributed by atoms with Gasteiger partial charge in [-0.15, -0.1) is 0 Å². The van der Waals surface area contributed by atoms with Gasteiger partial charge in [0, 0.05) is 49.4 Å². The molecule has 0 unspecified atom stereocenters. The van der Waals surface area contributed by atoms with Crippen LogP contribution >= 0.6 is 0 Å². The van der Waals surface area contributed by atoms with E-state index in [0.717, 1.165) is 13.8 Å². The van der Waals surface area contributed by atoms with Crippen molar-refractivity contribution in [2.45, 2.75) is 27.7 Å². The van der Waals surface area contributed by atoms with Gasteiger partial charge in [-0.1, -0.05) is 0 Å². The summed E-state index contributed by atoms with van der Waals surface area (Å²) in [5.41, 5.74) is 2.29. The molecule has 1 N–H and O–H groups in total. The molecule has 0 fully saturated rings. The van der Waals surface area contributed by atoms with Gasteiger partial charge in [0.2, 0.25) is 20.4 Å². The molecule has 1 aliphatic heterocycles. The normalized spacial score (nSPS) is 10.7. The second-order valence-electron chi connectivity index (χ2n) is 10.2. The number of aryl methyl sites for hydroxylation is 1. The molecule has 48 heavy (non-hydrogen) atoms. The lowest BCUT2D eigenvalue weighted by Crippen LogP contribution is -2.37. The first-order valence-electron chi connectivity index (χ1n) is 14.3. The lowest BCUT2D eigenvalue weighted by atomic mass is 9.90. The number of hydrogen-bond donors (Lipinski definition) is 1. The van der Waals surface area contributed by atoms with Crippen molar-refractivity contribution in [2.75, 3.05) is 38.4 Å². The first kappa shape index (κ1) is 34.7. The van der Waals surface area contributed by atoms with Crippen LogP contribution in [0.3, 0.4) is 0 Å². The maximum Gasteiger partial charge on any atom is 0.328 e. The number of phenolic OH excluding ortho intramolecular Hbond substituents is 1. The fourth-order valence-electron chi connectivity index (χ4n) is 4.60. The molecule has 0 aromatic heterocycles. The van der Waals surface area contributed by atoms with Gasteiger partial charge in [-0.3, -0.25) is 28.8 Å². The molecular formula is C33H31NO14. The smallest absolute Gasteiger partial charge is 0.328 e. The van der Waals surface area contributed by atoms with Crippen LogP contribution < -0.4 is 15.1 Å². The molecule has 0 saturated heterocycles. The summed E-state index contributed by atoms with van der Waals surface area (Å²) in [7, 11) is 0. The van der Waals surface area contributed by atoms with Crippen LogP contribution in [-0.4, -0.2) is 68.4 Å². The molecule has 0 amide bonds. The van der Waals surface area contributed by atoms with E-state index in [2.05, 4.69) is 9.47 Å². The summed E-state index contributed by atoms with van der Waals surface area (Å²) in [5.74, 6) is -3.45. The number of fused-ring (bicyclic) bond motifs is 2. The number of esters is 5. The molecule has 15 heteroatoms. The van der Waals surface area contributed by atoms with Crippen molar-refractivity contribution in [3.63, 3.8) is 0 Å². The van der Waals surface area contributed by atoms with E-state index in [4.69, 9.17) is 23.4 Å². The third-order valence-corrected chi connectivity index (χ3v) is 6.69. The standard InChI is InChI=1S/C33H31NO14/c1-18-9-27(34(13-31(40)46-16-43-20(3)36)14-32(41)47-17-44-21(4)37)28(39)12-26(18)33-24-7-5-22(38)10-29(24)48-30-11-23(6-8-25(30)33)45-15-42-19(2)35/h5-12,39H,13-17H2,1-4H3. The summed E-state index contributed by atoms with van der Waals surface area (Å²) in [4.78, 5) is 71.9. The number of hydrogen-bond acceptors (Lipinski definition) is 15. The molecule has 0 atom stereocenters. The SMILES string of the molecule is CC(=O)OCOC(=O)CN(CC(=O)OCOC(C)=O)c1cc(C)c(-c2c3ccc(=O)cc-3oc3cc(OCOC(C)=O)ccc23)cc1O. The Kier molecular flexibility index (Phi) is 11.2. The number of benzene rings is 3. The van der Waals surface area contributed by atoms with Crippen molar-refractivity contribution < 1.29 is 61.9 Å². The van der Waals surface area contributed by atoms with Crippen molar-refractivity contribution in [3.05, 3.63) is 64.3 Å². The molecule has 2 aromatic carbocycles. The van der Waals surface area contributed by atoms with E-state index >= 15 is 0 Å². The van der Waals surface area contributed by atoms with Crippen molar-refractivity contribution >= 4 is 46.5 Å². The number of phenols is 1. The summed E-state index contributed by atoms with van der Waals surface area (Å²) in [6, 6.07) is 12.1. The van der Waals surface area contributed by atoms with Crippen LogP contribution in [0.5, 0.6) is 11.5 Å². The zero-order valence-corrected chi connectivity index (χ0v) is 26.4. The number of carbonyl (C=O) groups excluding carboxylic acids is 5. The van der Waals surface area contributed by atoms with Crippen LogP contribution in [-0.2, 0) is 47.7 Å². The number of rotatable bonds is 13. The highest BCUT2D eigenvalue weighted by molar-refractivity contribution is 6.03. The van der Waals surface area contributed by atoms with Crippen LogP contribution in [0.4, 0.5) is 5.69 Å². The Morgan fingerprint density at radius 3 is 1.94 bits per heavy atom. The van der Waals surface area contributed by atoms with Crippen molar-refractivity contribution in [1.82, 2.24) is 0 Å². The molecule has 1 aliphatic carbocycles. The zero-order chi connectivity index (χ0) is 35.0. The van der Waals surface area contributed by atoms with E-state index in [1.54, 1.807) is 31.2 Å². The highest BCUT2D eigenvalue weighted by Crippen LogP contribution is 2.44. The second-order valence-corrected chi connectivity index (χ2v) is 10.2. The average Bonchev–Trinajstić information content (AvgIpc) is 3.00. The predicted octanol–water partition coefficient (Wildman–Crippen LogP) is 3.41. The first-order chi connectivity index (χ1) is 22.8. The van der Waals surface area contributed by atoms with Crippen LogP contribution in [0, 0.1) is 6.92 Å². The average molecular weight is 666 g/mol. The Morgan fingerprint density at radius 2 is 1.33 bits per heavy atom. The van der Waals surface area contributed by atoms with Crippen LogP contribution in [0.1, 0.15) is 26.3 Å². The topological polar surface area (TPSA) is 194 Å². The predicted molar refractivity (Wildman–Crippen MR) is 166 cm³/mol. The lowest BCUT2D eigenvalue weighted by molar-refractivity contribution is -0.165. The Hall–Kier alpha value is -6.12. The van der Waals surface area contributed by atoms with Gasteiger partial charge in [0.05, 0.1) is 5.69 Å². The second kappa shape index (κ2) is 15.4. The number of carbonyl (C=O) groups is 5. The quantitative estimate of drug-likeness (QED) is 0.0944. The Bertz CT molecular complexity index is 1860. The molecule has 0 spiro atoms. The summed E-state index contributed by atoms with van der Waals surface area (Å²) < 4.78 is 35.5. The summed E-state index contributed by atoms with van der Waals surface area (Å²) in [5, 5.41) is 11.9. The van der Waals surface area contributed by atoms with Gasteiger partial charge >= 0.3 is 29.8 Å². The highest BCUT2D eigenvalue weighted by Gasteiger charge is 2.24. The van der Waals surface area contributed by atoms with Gasteiger partial charge in [-0.25, -0.2) is 0 Å². The molecule has 15 nitrogen and oxygen atoms in total. The molecule has 0 radical (unpaired) electrons. The van der Waals surface area contributed by atoms with Crippen LogP contribution in [0.15, 0.2) is 57.7 Å². The Labute approximate surface area is 272 Å². The van der Waals surface area contributed by atoms with E-state index in [1.807, 2.05) is 0 Å². The monoisotopic (exact) mass is 665 g/mol. The highest BCUT2D eigenvalue weighted by atomic mass is 16.7. The molecule has 1 heterocycles. The van der Waals surface area contributed by atoms with Crippen molar-refractivity contribution in [2.24, 2.45) is 0 Å². The molecule has 2 aliphatic rings. The largest absolute Gasteiger partial charge is 0.506 e. The fraction of sp³-hybridized carbons (Fsp3) is 0.273. The van der Waals surface area contributed by atoms with Gasteiger partial charge in [0.25, 0.3) is 0 Å². The Balaban J connectivity index is 1.76. The fourth-order valence-corrected chi connectivity index (χ4v) is 4.60. The number of ether oxygens (including phenoxy) is 6. The van der Waals surface area contributed by atoms with Gasteiger partial charge < -0.3 is 42.8 Å². The van der Waals surface area contributed by atoms with Crippen molar-refractivity contribution in [1.29, 1.82) is 0 Å². The minimum atomic E-state index is -0.896. The van der Waals surface area contributed by atoms with Gasteiger partial charge in [-0.2, -0.15) is 0 Å². The van der Waals surface area contributed by atoms with E-state index in [-0.39, 0.29) is 29.4 Å². The van der Waals surface area contributed by atoms with E-state index in [0.29, 0.717) is 39.0 Å². The number of anilines is 1. The molecule has 252 valence electrons.